The number of hydrogen-bond donors (Lipinski definition) is 1. The number of fused-ring (bicyclic) bond motifs is 1. The van der Waals surface area contributed by atoms with Crippen molar-refractivity contribution in [2.75, 3.05) is 6.26 Å². The highest BCUT2D eigenvalue weighted by atomic mass is 32.2. The first-order chi connectivity index (χ1) is 8.10. The van der Waals surface area contributed by atoms with Crippen molar-refractivity contribution in [1.82, 2.24) is 0 Å². The summed E-state index contributed by atoms with van der Waals surface area (Å²) in [4.78, 5) is 0. The molecule has 2 aromatic carbocycles. The van der Waals surface area contributed by atoms with E-state index in [9.17, 15) is 4.55 Å². The average Bonchev–Trinajstić information content (AvgIpc) is 2.29. The molecule has 0 aromatic heterocycles. The molecule has 0 heterocycles. The smallest absolute Gasteiger partial charge is 0.000684 e. The zero-order chi connectivity index (χ0) is 12.4. The van der Waals surface area contributed by atoms with Crippen LogP contribution in [0.15, 0.2) is 30.3 Å². The van der Waals surface area contributed by atoms with E-state index in [2.05, 4.69) is 44.2 Å². The molecule has 1 N–H and O–H groups in total. The standard InChI is InChI=1S/C15H18OS/c1-4-12-5-6-13-9-15(10-17(3)16)11(2)7-14(13)8-12/h5-10,16H,4H2,1-3H3. The fourth-order valence-corrected chi connectivity index (χ4v) is 2.63. The van der Waals surface area contributed by atoms with E-state index in [-0.39, 0.29) is 0 Å². The monoisotopic (exact) mass is 246 g/mol. The Balaban J connectivity index is 2.62. The molecule has 0 saturated heterocycles. The Morgan fingerprint density at radius 2 is 1.94 bits per heavy atom. The first-order valence-corrected chi connectivity index (χ1v) is 7.47. The van der Waals surface area contributed by atoms with Gasteiger partial charge in [-0.25, -0.2) is 0 Å². The fourth-order valence-electron chi connectivity index (χ4n) is 2.01. The Morgan fingerprint density at radius 3 is 2.59 bits per heavy atom. The fraction of sp³-hybridized carbons (Fsp3) is 0.267. The predicted octanol–water partition coefficient (Wildman–Crippen LogP) is 4.23. The molecule has 0 aliphatic rings. The first-order valence-electron chi connectivity index (χ1n) is 5.82. The normalized spacial score (nSPS) is 13.2. The second-order valence-electron chi connectivity index (χ2n) is 4.39. The molecule has 2 rings (SSSR count). The van der Waals surface area contributed by atoms with Gasteiger partial charge in [-0.2, -0.15) is 0 Å². The third kappa shape index (κ3) is 2.76. The maximum absolute atomic E-state index is 9.46. The van der Waals surface area contributed by atoms with Crippen molar-refractivity contribution in [2.24, 2.45) is 0 Å². The minimum atomic E-state index is -0.651. The van der Waals surface area contributed by atoms with Crippen LogP contribution in [0.1, 0.15) is 23.6 Å². The number of hydrogen-bond acceptors (Lipinski definition) is 1. The van der Waals surface area contributed by atoms with Crippen molar-refractivity contribution in [3.8, 4) is 0 Å². The highest BCUT2D eigenvalue weighted by Crippen LogP contribution is 2.21. The molecule has 1 nitrogen and oxygen atoms in total. The van der Waals surface area contributed by atoms with Gasteiger partial charge < -0.3 is 4.55 Å². The summed E-state index contributed by atoms with van der Waals surface area (Å²) in [7, 11) is -0.651. The number of benzene rings is 2. The van der Waals surface area contributed by atoms with Crippen molar-refractivity contribution < 1.29 is 4.55 Å². The van der Waals surface area contributed by atoms with Gasteiger partial charge in [-0.1, -0.05) is 42.0 Å². The van der Waals surface area contributed by atoms with Crippen LogP contribution in [0.25, 0.3) is 10.8 Å². The van der Waals surface area contributed by atoms with E-state index in [0.29, 0.717) is 0 Å². The molecule has 0 aliphatic carbocycles. The van der Waals surface area contributed by atoms with Crippen LogP contribution in [0, 0.1) is 6.92 Å². The zero-order valence-corrected chi connectivity index (χ0v) is 11.3. The van der Waals surface area contributed by atoms with E-state index in [1.54, 1.807) is 0 Å². The van der Waals surface area contributed by atoms with Crippen molar-refractivity contribution >= 4 is 26.9 Å². The van der Waals surface area contributed by atoms with E-state index in [4.69, 9.17) is 0 Å². The quantitative estimate of drug-likeness (QED) is 0.786. The Hall–Kier alpha value is -1.12. The summed E-state index contributed by atoms with van der Waals surface area (Å²) >= 11 is 0. The van der Waals surface area contributed by atoms with Gasteiger partial charge in [0.1, 0.15) is 0 Å². The Labute approximate surface area is 105 Å². The highest BCUT2D eigenvalue weighted by Gasteiger charge is 2.01. The van der Waals surface area contributed by atoms with Gasteiger partial charge >= 0.3 is 0 Å². The van der Waals surface area contributed by atoms with E-state index < -0.39 is 10.8 Å². The van der Waals surface area contributed by atoms with E-state index >= 15 is 0 Å². The summed E-state index contributed by atoms with van der Waals surface area (Å²) in [5, 5.41) is 4.44. The second kappa shape index (κ2) is 5.03. The van der Waals surface area contributed by atoms with E-state index in [1.165, 1.54) is 21.9 Å². The summed E-state index contributed by atoms with van der Waals surface area (Å²) in [6, 6.07) is 10.9. The van der Waals surface area contributed by atoms with Gasteiger partial charge in [0, 0.05) is 6.26 Å². The molecule has 0 fully saturated rings. The van der Waals surface area contributed by atoms with Gasteiger partial charge in [0.25, 0.3) is 0 Å². The minimum Gasteiger partial charge on any atom is -0.338 e. The van der Waals surface area contributed by atoms with Crippen LogP contribution in [-0.2, 0) is 6.42 Å². The molecule has 1 unspecified atom stereocenters. The largest absolute Gasteiger partial charge is 0.338 e. The van der Waals surface area contributed by atoms with E-state index in [0.717, 1.165) is 12.0 Å². The minimum absolute atomic E-state index is 0.651. The molecular weight excluding hydrogens is 228 g/mol. The molecule has 17 heavy (non-hydrogen) atoms. The van der Waals surface area contributed by atoms with Crippen molar-refractivity contribution in [1.29, 1.82) is 0 Å². The maximum atomic E-state index is 9.46. The molecule has 90 valence electrons. The Morgan fingerprint density at radius 1 is 1.18 bits per heavy atom. The highest BCUT2D eigenvalue weighted by molar-refractivity contribution is 8.09. The lowest BCUT2D eigenvalue weighted by Gasteiger charge is -2.06. The molecule has 2 heteroatoms. The van der Waals surface area contributed by atoms with Gasteiger partial charge in [-0.05, 0) is 52.2 Å². The van der Waals surface area contributed by atoms with Crippen LogP contribution in [-0.4, -0.2) is 16.2 Å². The van der Waals surface area contributed by atoms with Gasteiger partial charge in [0.05, 0.1) is 0 Å². The number of aryl methyl sites for hydroxylation is 2. The summed E-state index contributed by atoms with van der Waals surface area (Å²) in [6.45, 7) is 4.27. The van der Waals surface area contributed by atoms with Crippen LogP contribution < -0.4 is 0 Å². The summed E-state index contributed by atoms with van der Waals surface area (Å²) in [6.07, 6.45) is 2.88. The third-order valence-corrected chi connectivity index (χ3v) is 3.59. The van der Waals surface area contributed by atoms with Crippen LogP contribution in [0.5, 0.6) is 0 Å². The van der Waals surface area contributed by atoms with Crippen LogP contribution >= 0.6 is 10.8 Å². The van der Waals surface area contributed by atoms with Crippen molar-refractivity contribution in [3.05, 3.63) is 47.0 Å². The topological polar surface area (TPSA) is 20.2 Å². The van der Waals surface area contributed by atoms with Crippen LogP contribution in [0.4, 0.5) is 0 Å². The Bertz CT molecular complexity index is 581. The van der Waals surface area contributed by atoms with Crippen molar-refractivity contribution in [2.45, 2.75) is 20.3 Å². The molecule has 0 amide bonds. The van der Waals surface area contributed by atoms with Crippen molar-refractivity contribution in [3.63, 3.8) is 0 Å². The van der Waals surface area contributed by atoms with Crippen LogP contribution in [0.3, 0.4) is 0 Å². The average molecular weight is 246 g/mol. The molecule has 0 saturated carbocycles. The molecule has 2 aromatic rings. The SMILES string of the molecule is CCc1ccc2cc(/C=S(/C)O)c(C)cc2c1. The Kier molecular flexibility index (Phi) is 3.65. The second-order valence-corrected chi connectivity index (χ2v) is 5.67. The molecule has 0 aliphatic heterocycles. The van der Waals surface area contributed by atoms with Gasteiger partial charge in [-0.3, -0.25) is 0 Å². The first kappa shape index (κ1) is 12.3. The summed E-state index contributed by atoms with van der Waals surface area (Å²) < 4.78 is 9.46. The molecular formula is C15H18OS. The third-order valence-electron chi connectivity index (χ3n) is 3.00. The van der Waals surface area contributed by atoms with Crippen LogP contribution in [0.2, 0.25) is 0 Å². The lowest BCUT2D eigenvalue weighted by molar-refractivity contribution is 0.666. The summed E-state index contributed by atoms with van der Waals surface area (Å²) in [5.74, 6) is 0. The molecule has 1 atom stereocenters. The molecule has 0 spiro atoms. The van der Waals surface area contributed by atoms with Gasteiger partial charge in [0.15, 0.2) is 0 Å². The lowest BCUT2D eigenvalue weighted by Crippen LogP contribution is -1.89. The zero-order valence-electron chi connectivity index (χ0n) is 10.5. The molecule has 0 radical (unpaired) electrons. The predicted molar refractivity (Wildman–Crippen MR) is 79.4 cm³/mol. The van der Waals surface area contributed by atoms with E-state index in [1.807, 2.05) is 11.6 Å². The van der Waals surface area contributed by atoms with Gasteiger partial charge in [0.2, 0.25) is 0 Å². The lowest BCUT2D eigenvalue weighted by atomic mass is 10.0. The number of rotatable bonds is 2. The van der Waals surface area contributed by atoms with Gasteiger partial charge in [-0.15, -0.1) is 0 Å². The molecule has 0 bridgehead atoms. The summed E-state index contributed by atoms with van der Waals surface area (Å²) in [5.41, 5.74) is 3.72. The maximum Gasteiger partial charge on any atom is 0.000684 e.